The Kier molecular flexibility index (Phi) is 5.77. The van der Waals surface area contributed by atoms with E-state index in [1.807, 2.05) is 6.07 Å². The number of aliphatic carboxylic acids is 1. The van der Waals surface area contributed by atoms with Crippen molar-refractivity contribution in [1.82, 2.24) is 5.32 Å². The van der Waals surface area contributed by atoms with Gasteiger partial charge in [-0.3, -0.25) is 4.79 Å². The topological polar surface area (TPSA) is 84.9 Å². The molecule has 0 bridgehead atoms. The summed E-state index contributed by atoms with van der Waals surface area (Å²) in [6.07, 6.45) is 0.764. The standard InChI is InChI=1S/C16H21NO5/c1-11(22-13-7-3-2-4-8-13)15(18)17-14(16(19)20)12-6-5-9-21-10-12/h2-4,7-8,11-12,14H,5-6,9-10H2,1H3,(H,17,18)(H,19,20). The Morgan fingerprint density at radius 1 is 1.36 bits per heavy atom. The van der Waals surface area contributed by atoms with Gasteiger partial charge in [-0.2, -0.15) is 0 Å². The van der Waals surface area contributed by atoms with Crippen LogP contribution in [0.5, 0.6) is 5.75 Å². The van der Waals surface area contributed by atoms with Gasteiger partial charge in [0.25, 0.3) is 5.91 Å². The predicted molar refractivity (Wildman–Crippen MR) is 79.6 cm³/mol. The van der Waals surface area contributed by atoms with Crippen LogP contribution in [0, 0.1) is 5.92 Å². The van der Waals surface area contributed by atoms with Crippen LogP contribution in [-0.4, -0.2) is 42.3 Å². The molecule has 0 aliphatic carbocycles. The number of benzene rings is 1. The Labute approximate surface area is 129 Å². The molecule has 1 heterocycles. The molecule has 3 atom stereocenters. The minimum absolute atomic E-state index is 0.209. The third kappa shape index (κ3) is 4.46. The highest BCUT2D eigenvalue weighted by molar-refractivity contribution is 5.86. The molecule has 0 aromatic heterocycles. The van der Waals surface area contributed by atoms with Crippen molar-refractivity contribution in [1.29, 1.82) is 0 Å². The maximum absolute atomic E-state index is 12.2. The van der Waals surface area contributed by atoms with E-state index in [0.29, 0.717) is 19.0 Å². The van der Waals surface area contributed by atoms with Crippen LogP contribution in [0.1, 0.15) is 19.8 Å². The van der Waals surface area contributed by atoms with Gasteiger partial charge in [0.1, 0.15) is 11.8 Å². The van der Waals surface area contributed by atoms with Crippen LogP contribution in [0.15, 0.2) is 30.3 Å². The lowest BCUT2D eigenvalue weighted by atomic mass is 9.93. The average molecular weight is 307 g/mol. The summed E-state index contributed by atoms with van der Waals surface area (Å²) in [6, 6.07) is 8.00. The number of hydrogen-bond donors (Lipinski definition) is 2. The molecule has 1 aliphatic rings. The highest BCUT2D eigenvalue weighted by Crippen LogP contribution is 2.18. The lowest BCUT2D eigenvalue weighted by molar-refractivity contribution is -0.146. The van der Waals surface area contributed by atoms with Crippen molar-refractivity contribution < 1.29 is 24.2 Å². The zero-order valence-corrected chi connectivity index (χ0v) is 12.5. The molecule has 22 heavy (non-hydrogen) atoms. The van der Waals surface area contributed by atoms with E-state index in [0.717, 1.165) is 12.8 Å². The molecule has 1 amide bonds. The van der Waals surface area contributed by atoms with Gasteiger partial charge in [0, 0.05) is 12.5 Å². The van der Waals surface area contributed by atoms with E-state index in [2.05, 4.69) is 5.32 Å². The zero-order valence-electron chi connectivity index (χ0n) is 12.5. The number of carbonyl (C=O) groups excluding carboxylic acids is 1. The van der Waals surface area contributed by atoms with E-state index in [-0.39, 0.29) is 5.92 Å². The second-order valence-electron chi connectivity index (χ2n) is 5.37. The first-order valence-electron chi connectivity index (χ1n) is 7.40. The summed E-state index contributed by atoms with van der Waals surface area (Å²) in [5.74, 6) is -1.13. The van der Waals surface area contributed by atoms with Crippen molar-refractivity contribution in [3.8, 4) is 5.75 Å². The number of carboxylic acids is 1. The Morgan fingerprint density at radius 2 is 2.09 bits per heavy atom. The third-order valence-electron chi connectivity index (χ3n) is 3.66. The van der Waals surface area contributed by atoms with Crippen LogP contribution >= 0.6 is 0 Å². The highest BCUT2D eigenvalue weighted by atomic mass is 16.5. The van der Waals surface area contributed by atoms with Crippen molar-refractivity contribution in [2.24, 2.45) is 5.92 Å². The van der Waals surface area contributed by atoms with Crippen LogP contribution in [0.2, 0.25) is 0 Å². The maximum atomic E-state index is 12.2. The van der Waals surface area contributed by atoms with Gasteiger partial charge in [0.05, 0.1) is 6.61 Å². The molecule has 0 spiro atoms. The van der Waals surface area contributed by atoms with E-state index in [1.165, 1.54) is 0 Å². The first-order valence-corrected chi connectivity index (χ1v) is 7.40. The molecule has 120 valence electrons. The molecule has 2 rings (SSSR count). The summed E-state index contributed by atoms with van der Waals surface area (Å²) in [6.45, 7) is 2.59. The second kappa shape index (κ2) is 7.79. The summed E-state index contributed by atoms with van der Waals surface area (Å²) < 4.78 is 10.8. The van der Waals surface area contributed by atoms with Gasteiger partial charge in [0.15, 0.2) is 6.10 Å². The largest absolute Gasteiger partial charge is 0.481 e. The Morgan fingerprint density at radius 3 is 2.68 bits per heavy atom. The van der Waals surface area contributed by atoms with E-state index in [9.17, 15) is 14.7 Å². The van der Waals surface area contributed by atoms with Crippen molar-refractivity contribution in [2.75, 3.05) is 13.2 Å². The minimum atomic E-state index is -1.05. The van der Waals surface area contributed by atoms with Gasteiger partial charge in [0.2, 0.25) is 0 Å². The summed E-state index contributed by atoms with van der Waals surface area (Å²) in [7, 11) is 0. The SMILES string of the molecule is CC(Oc1ccccc1)C(=O)NC(C(=O)O)C1CCCOC1. The van der Waals surface area contributed by atoms with Crippen LogP contribution in [0.4, 0.5) is 0 Å². The molecular weight excluding hydrogens is 286 g/mol. The quantitative estimate of drug-likeness (QED) is 0.831. The fraction of sp³-hybridized carbons (Fsp3) is 0.500. The number of hydrogen-bond acceptors (Lipinski definition) is 4. The van der Waals surface area contributed by atoms with E-state index < -0.39 is 24.0 Å². The lowest BCUT2D eigenvalue weighted by Crippen LogP contribution is -2.51. The van der Waals surface area contributed by atoms with Crippen LogP contribution < -0.4 is 10.1 Å². The van der Waals surface area contributed by atoms with Crippen molar-refractivity contribution in [3.63, 3.8) is 0 Å². The van der Waals surface area contributed by atoms with Crippen molar-refractivity contribution in [2.45, 2.75) is 31.9 Å². The van der Waals surface area contributed by atoms with Gasteiger partial charge in [-0.15, -0.1) is 0 Å². The summed E-state index contributed by atoms with van der Waals surface area (Å²) in [5, 5.41) is 11.9. The number of nitrogens with one attached hydrogen (secondary N) is 1. The molecule has 0 saturated carbocycles. The number of amides is 1. The van der Waals surface area contributed by atoms with Gasteiger partial charge >= 0.3 is 5.97 Å². The van der Waals surface area contributed by atoms with E-state index in [4.69, 9.17) is 9.47 Å². The van der Waals surface area contributed by atoms with Gasteiger partial charge < -0.3 is 19.9 Å². The monoisotopic (exact) mass is 307 g/mol. The number of carboxylic acid groups (broad SMARTS) is 1. The first kappa shape index (κ1) is 16.3. The minimum Gasteiger partial charge on any atom is -0.481 e. The van der Waals surface area contributed by atoms with Crippen molar-refractivity contribution in [3.05, 3.63) is 30.3 Å². The molecule has 1 aromatic rings. The predicted octanol–water partition coefficient (Wildman–Crippen LogP) is 1.45. The number of rotatable bonds is 6. The molecule has 0 radical (unpaired) electrons. The normalized spacial score (nSPS) is 20.7. The maximum Gasteiger partial charge on any atom is 0.326 e. The van der Waals surface area contributed by atoms with Crippen LogP contribution in [-0.2, 0) is 14.3 Å². The van der Waals surface area contributed by atoms with E-state index in [1.54, 1.807) is 31.2 Å². The average Bonchev–Trinajstić information content (AvgIpc) is 2.53. The fourth-order valence-corrected chi connectivity index (χ4v) is 2.44. The molecule has 1 fully saturated rings. The molecule has 2 N–H and O–H groups in total. The van der Waals surface area contributed by atoms with Gasteiger partial charge in [-0.05, 0) is 31.9 Å². The van der Waals surface area contributed by atoms with Gasteiger partial charge in [-0.25, -0.2) is 4.79 Å². The zero-order chi connectivity index (χ0) is 15.9. The van der Waals surface area contributed by atoms with Gasteiger partial charge in [-0.1, -0.05) is 18.2 Å². The number of ether oxygens (including phenoxy) is 2. The number of carbonyl (C=O) groups is 2. The lowest BCUT2D eigenvalue weighted by Gasteiger charge is -2.28. The summed E-state index contributed by atoms with van der Waals surface area (Å²) >= 11 is 0. The second-order valence-corrected chi connectivity index (χ2v) is 5.37. The molecule has 6 heteroatoms. The van der Waals surface area contributed by atoms with Crippen LogP contribution in [0.25, 0.3) is 0 Å². The highest BCUT2D eigenvalue weighted by Gasteiger charge is 2.32. The van der Waals surface area contributed by atoms with Crippen molar-refractivity contribution >= 4 is 11.9 Å². The first-order chi connectivity index (χ1) is 10.6. The third-order valence-corrected chi connectivity index (χ3v) is 3.66. The Bertz CT molecular complexity index is 499. The van der Waals surface area contributed by atoms with E-state index >= 15 is 0 Å². The smallest absolute Gasteiger partial charge is 0.326 e. The summed E-state index contributed by atoms with van der Waals surface area (Å²) in [4.78, 5) is 23.6. The molecule has 3 unspecified atom stereocenters. The van der Waals surface area contributed by atoms with Crippen LogP contribution in [0.3, 0.4) is 0 Å². The Balaban J connectivity index is 1.93. The summed E-state index contributed by atoms with van der Waals surface area (Å²) in [5.41, 5.74) is 0. The Hall–Kier alpha value is -2.08. The fourth-order valence-electron chi connectivity index (χ4n) is 2.44. The molecule has 1 saturated heterocycles. The molecule has 6 nitrogen and oxygen atoms in total. The number of para-hydroxylation sites is 1. The molecule has 1 aromatic carbocycles. The molecular formula is C16H21NO5. The molecule has 1 aliphatic heterocycles.